The number of Topliss-reactive ketones (excluding diaryl/α,β-unsaturated/α-hetero) is 1. The van der Waals surface area contributed by atoms with Crippen molar-refractivity contribution in [2.75, 3.05) is 13.7 Å². The van der Waals surface area contributed by atoms with Gasteiger partial charge in [0.2, 0.25) is 0 Å². The predicted molar refractivity (Wildman–Crippen MR) is 83.9 cm³/mol. The fourth-order valence-electron chi connectivity index (χ4n) is 2.29. The van der Waals surface area contributed by atoms with Crippen LogP contribution < -0.4 is 9.47 Å². The first-order valence-electron chi connectivity index (χ1n) is 6.63. The molecule has 0 saturated carbocycles. The van der Waals surface area contributed by atoms with Gasteiger partial charge in [0.25, 0.3) is 0 Å². The van der Waals surface area contributed by atoms with Gasteiger partial charge in [0.15, 0.2) is 17.3 Å². The summed E-state index contributed by atoms with van der Waals surface area (Å²) in [5, 5.41) is 10.1. The number of rotatable bonds is 2. The van der Waals surface area contributed by atoms with Gasteiger partial charge in [0.05, 0.1) is 12.7 Å². The summed E-state index contributed by atoms with van der Waals surface area (Å²) in [6.07, 6.45) is 1.72. The lowest BCUT2D eigenvalue weighted by molar-refractivity contribution is 0.100. The van der Waals surface area contributed by atoms with Crippen LogP contribution in [-0.2, 0) is 0 Å². The van der Waals surface area contributed by atoms with Crippen molar-refractivity contribution in [2.45, 2.75) is 0 Å². The van der Waals surface area contributed by atoms with Crippen LogP contribution >= 0.6 is 11.6 Å². The summed E-state index contributed by atoms with van der Waals surface area (Å²) < 4.78 is 10.6. The Morgan fingerprint density at radius 1 is 1.27 bits per heavy atom. The Morgan fingerprint density at radius 2 is 2.09 bits per heavy atom. The number of ketones is 1. The minimum absolute atomic E-state index is 0.0517. The Kier molecular flexibility index (Phi) is 3.77. The minimum atomic E-state index is -0.0926. The third-order valence-electron chi connectivity index (χ3n) is 3.41. The molecule has 0 fully saturated rings. The SMILES string of the molecule is COc1cc(/C=C2\COc3cc(Cl)ccc3C2=O)ccc1O. The number of phenols is 1. The molecule has 2 aromatic carbocycles. The van der Waals surface area contributed by atoms with E-state index < -0.39 is 0 Å². The van der Waals surface area contributed by atoms with Gasteiger partial charge in [0, 0.05) is 10.6 Å². The molecule has 0 unspecified atom stereocenters. The van der Waals surface area contributed by atoms with E-state index in [2.05, 4.69) is 0 Å². The second-order valence-electron chi connectivity index (χ2n) is 4.86. The van der Waals surface area contributed by atoms with E-state index in [-0.39, 0.29) is 18.1 Å². The highest BCUT2D eigenvalue weighted by atomic mass is 35.5. The zero-order valence-electron chi connectivity index (χ0n) is 11.8. The molecule has 0 spiro atoms. The number of hydrogen-bond donors (Lipinski definition) is 1. The van der Waals surface area contributed by atoms with Crippen molar-refractivity contribution >= 4 is 23.5 Å². The highest BCUT2D eigenvalue weighted by Crippen LogP contribution is 2.32. The molecule has 1 N–H and O–H groups in total. The number of aromatic hydroxyl groups is 1. The summed E-state index contributed by atoms with van der Waals surface area (Å²) >= 11 is 5.90. The van der Waals surface area contributed by atoms with Gasteiger partial charge >= 0.3 is 0 Å². The summed E-state index contributed by atoms with van der Waals surface area (Å²) in [5.74, 6) is 0.810. The fourth-order valence-corrected chi connectivity index (χ4v) is 2.45. The van der Waals surface area contributed by atoms with Crippen molar-refractivity contribution in [1.29, 1.82) is 0 Å². The van der Waals surface area contributed by atoms with Crippen molar-refractivity contribution in [2.24, 2.45) is 0 Å². The molecule has 0 amide bonds. The number of methoxy groups -OCH3 is 1. The maximum absolute atomic E-state index is 12.5. The average molecular weight is 317 g/mol. The van der Waals surface area contributed by atoms with E-state index in [1.807, 2.05) is 0 Å². The molecule has 0 aliphatic carbocycles. The molecular formula is C17H13ClO4. The number of ether oxygens (including phenoxy) is 2. The molecule has 1 aliphatic heterocycles. The van der Waals surface area contributed by atoms with Gasteiger partial charge in [0.1, 0.15) is 12.4 Å². The van der Waals surface area contributed by atoms with E-state index in [1.54, 1.807) is 36.4 Å². The van der Waals surface area contributed by atoms with Crippen LogP contribution in [-0.4, -0.2) is 24.6 Å². The summed E-state index contributed by atoms with van der Waals surface area (Å²) in [5.41, 5.74) is 1.77. The van der Waals surface area contributed by atoms with Gasteiger partial charge in [-0.15, -0.1) is 0 Å². The van der Waals surface area contributed by atoms with Gasteiger partial charge in [-0.2, -0.15) is 0 Å². The van der Waals surface area contributed by atoms with Crippen LogP contribution in [0.5, 0.6) is 17.2 Å². The summed E-state index contributed by atoms with van der Waals surface area (Å²) in [6.45, 7) is 0.176. The lowest BCUT2D eigenvalue weighted by atomic mass is 9.98. The number of benzene rings is 2. The topological polar surface area (TPSA) is 55.8 Å². The zero-order chi connectivity index (χ0) is 15.7. The van der Waals surface area contributed by atoms with Gasteiger partial charge < -0.3 is 14.6 Å². The normalized spacial score (nSPS) is 15.4. The molecule has 0 radical (unpaired) electrons. The van der Waals surface area contributed by atoms with Crippen molar-refractivity contribution in [3.63, 3.8) is 0 Å². The van der Waals surface area contributed by atoms with Gasteiger partial charge in [-0.1, -0.05) is 17.7 Å². The maximum Gasteiger partial charge on any atom is 0.196 e. The molecule has 22 heavy (non-hydrogen) atoms. The second-order valence-corrected chi connectivity index (χ2v) is 5.30. The lowest BCUT2D eigenvalue weighted by Crippen LogP contribution is -2.18. The maximum atomic E-state index is 12.5. The van der Waals surface area contributed by atoms with E-state index in [0.717, 1.165) is 5.56 Å². The van der Waals surface area contributed by atoms with Crippen LogP contribution in [0.2, 0.25) is 5.02 Å². The Labute approximate surface area is 132 Å². The van der Waals surface area contributed by atoms with Crippen molar-refractivity contribution in [3.8, 4) is 17.2 Å². The van der Waals surface area contributed by atoms with E-state index in [4.69, 9.17) is 21.1 Å². The number of halogens is 1. The Balaban J connectivity index is 1.96. The van der Waals surface area contributed by atoms with Gasteiger partial charge in [-0.05, 0) is 42.0 Å². The number of carbonyl (C=O) groups is 1. The van der Waals surface area contributed by atoms with Crippen LogP contribution in [0.4, 0.5) is 0 Å². The fraction of sp³-hybridized carbons (Fsp3) is 0.118. The first-order chi connectivity index (χ1) is 10.6. The quantitative estimate of drug-likeness (QED) is 0.858. The Bertz CT molecular complexity index is 780. The average Bonchev–Trinajstić information content (AvgIpc) is 2.51. The monoisotopic (exact) mass is 316 g/mol. The minimum Gasteiger partial charge on any atom is -0.504 e. The standard InChI is InChI=1S/C17H13ClO4/c1-21-16-7-10(2-5-14(16)19)6-11-9-22-15-8-12(18)3-4-13(15)17(11)20/h2-8,19H,9H2,1H3/b11-6+. The molecule has 0 saturated heterocycles. The molecule has 112 valence electrons. The van der Waals surface area contributed by atoms with Crippen LogP contribution in [0.1, 0.15) is 15.9 Å². The first-order valence-corrected chi connectivity index (χ1v) is 7.01. The number of hydrogen-bond acceptors (Lipinski definition) is 4. The van der Waals surface area contributed by atoms with Crippen molar-refractivity contribution < 1.29 is 19.4 Å². The van der Waals surface area contributed by atoms with Crippen molar-refractivity contribution in [3.05, 3.63) is 58.1 Å². The molecule has 0 aromatic heterocycles. The number of phenolic OH excluding ortho intramolecular Hbond substituents is 1. The second kappa shape index (κ2) is 5.73. The predicted octanol–water partition coefficient (Wildman–Crippen LogP) is 3.71. The molecule has 1 aliphatic rings. The van der Waals surface area contributed by atoms with Gasteiger partial charge in [-0.25, -0.2) is 0 Å². The molecule has 2 aromatic rings. The van der Waals surface area contributed by atoms with Crippen LogP contribution in [0.25, 0.3) is 6.08 Å². The molecule has 4 nitrogen and oxygen atoms in total. The Hall–Kier alpha value is -2.46. The van der Waals surface area contributed by atoms with E-state index in [1.165, 1.54) is 13.2 Å². The van der Waals surface area contributed by atoms with E-state index in [0.29, 0.717) is 27.7 Å². The van der Waals surface area contributed by atoms with E-state index in [9.17, 15) is 9.90 Å². The molecule has 3 rings (SSSR count). The van der Waals surface area contributed by atoms with E-state index >= 15 is 0 Å². The molecule has 5 heteroatoms. The smallest absolute Gasteiger partial charge is 0.196 e. The van der Waals surface area contributed by atoms with Crippen LogP contribution in [0, 0.1) is 0 Å². The van der Waals surface area contributed by atoms with Crippen molar-refractivity contribution in [1.82, 2.24) is 0 Å². The highest BCUT2D eigenvalue weighted by molar-refractivity contribution is 6.31. The van der Waals surface area contributed by atoms with Gasteiger partial charge in [-0.3, -0.25) is 4.79 Å². The molecule has 1 heterocycles. The lowest BCUT2D eigenvalue weighted by Gasteiger charge is -2.19. The molecule has 0 bridgehead atoms. The third-order valence-corrected chi connectivity index (χ3v) is 3.64. The summed E-state index contributed by atoms with van der Waals surface area (Å²) in [7, 11) is 1.47. The molecule has 0 atom stereocenters. The first kappa shape index (κ1) is 14.5. The Morgan fingerprint density at radius 3 is 2.86 bits per heavy atom. The highest BCUT2D eigenvalue weighted by Gasteiger charge is 2.23. The summed E-state index contributed by atoms with van der Waals surface area (Å²) in [6, 6.07) is 9.84. The van der Waals surface area contributed by atoms with Crippen LogP contribution in [0.15, 0.2) is 42.0 Å². The third kappa shape index (κ3) is 2.65. The largest absolute Gasteiger partial charge is 0.504 e. The molecular weight excluding hydrogens is 304 g/mol. The summed E-state index contributed by atoms with van der Waals surface area (Å²) in [4.78, 5) is 12.5. The number of fused-ring (bicyclic) bond motifs is 1. The van der Waals surface area contributed by atoms with Crippen LogP contribution in [0.3, 0.4) is 0 Å². The zero-order valence-corrected chi connectivity index (χ0v) is 12.6. The number of carbonyl (C=O) groups excluding carboxylic acids is 1.